The number of amides is 1. The second kappa shape index (κ2) is 8.34. The molecule has 126 valence electrons. The summed E-state index contributed by atoms with van der Waals surface area (Å²) in [5, 5.41) is 2.96. The molecule has 1 aliphatic carbocycles. The molecule has 0 heterocycles. The van der Waals surface area contributed by atoms with E-state index in [1.165, 1.54) is 6.42 Å². The van der Waals surface area contributed by atoms with Gasteiger partial charge in [0.25, 0.3) is 5.91 Å². The number of halogens is 1. The zero-order valence-corrected chi connectivity index (χ0v) is 15.0. The van der Waals surface area contributed by atoms with Crippen LogP contribution in [0.4, 0.5) is 0 Å². The van der Waals surface area contributed by atoms with Gasteiger partial charge in [-0.05, 0) is 52.9 Å². The molecule has 1 aliphatic rings. The number of rotatable bonds is 5. The quantitative estimate of drug-likeness (QED) is 0.792. The average Bonchev–Trinajstić information content (AvgIpc) is 2.54. The number of esters is 1. The van der Waals surface area contributed by atoms with Crippen molar-refractivity contribution >= 4 is 27.8 Å². The van der Waals surface area contributed by atoms with Crippen molar-refractivity contribution in [1.82, 2.24) is 5.32 Å². The van der Waals surface area contributed by atoms with Crippen molar-refractivity contribution in [3.05, 3.63) is 28.2 Å². The highest BCUT2D eigenvalue weighted by Crippen LogP contribution is 2.26. The lowest BCUT2D eigenvalue weighted by atomic mass is 9.86. The molecule has 23 heavy (non-hydrogen) atoms. The summed E-state index contributed by atoms with van der Waals surface area (Å²) < 4.78 is 10.9. The minimum absolute atomic E-state index is 0.185. The van der Waals surface area contributed by atoms with E-state index in [4.69, 9.17) is 9.47 Å². The number of carbonyl (C=O) groups excluding carboxylic acids is 2. The van der Waals surface area contributed by atoms with E-state index < -0.39 is 5.97 Å². The van der Waals surface area contributed by atoms with E-state index in [2.05, 4.69) is 28.2 Å². The minimum Gasteiger partial charge on any atom is -0.496 e. The van der Waals surface area contributed by atoms with Gasteiger partial charge in [0.2, 0.25) is 0 Å². The van der Waals surface area contributed by atoms with E-state index in [1.54, 1.807) is 25.3 Å². The Kier molecular flexibility index (Phi) is 6.45. The lowest BCUT2D eigenvalue weighted by molar-refractivity contribution is -0.125. The Bertz CT molecular complexity index is 576. The fraction of sp³-hybridized carbons (Fsp3) is 0.529. The minimum atomic E-state index is -0.528. The molecule has 0 bridgehead atoms. The summed E-state index contributed by atoms with van der Waals surface area (Å²) in [6.07, 6.45) is 4.47. The van der Waals surface area contributed by atoms with Gasteiger partial charge < -0.3 is 14.8 Å². The van der Waals surface area contributed by atoms with Gasteiger partial charge in [-0.1, -0.05) is 19.8 Å². The molecule has 1 fully saturated rings. The van der Waals surface area contributed by atoms with E-state index in [1.807, 2.05) is 0 Å². The van der Waals surface area contributed by atoms with E-state index in [0.29, 0.717) is 21.7 Å². The van der Waals surface area contributed by atoms with Gasteiger partial charge in [0.15, 0.2) is 6.61 Å². The Morgan fingerprint density at radius 3 is 2.70 bits per heavy atom. The smallest absolute Gasteiger partial charge is 0.338 e. The second-order valence-corrected chi connectivity index (χ2v) is 6.72. The number of nitrogens with one attached hydrogen (secondary N) is 1. The Morgan fingerprint density at radius 1 is 1.30 bits per heavy atom. The average molecular weight is 384 g/mol. The van der Waals surface area contributed by atoms with E-state index in [9.17, 15) is 9.59 Å². The van der Waals surface area contributed by atoms with E-state index >= 15 is 0 Å². The number of hydrogen-bond acceptors (Lipinski definition) is 4. The summed E-state index contributed by atoms with van der Waals surface area (Å²) in [5.74, 6) is 0.330. The molecule has 1 aromatic rings. The first-order chi connectivity index (χ1) is 11.0. The highest BCUT2D eigenvalue weighted by molar-refractivity contribution is 9.10. The molecule has 0 spiro atoms. The molecule has 0 unspecified atom stereocenters. The van der Waals surface area contributed by atoms with Crippen LogP contribution in [0, 0.1) is 5.92 Å². The molecule has 1 saturated carbocycles. The fourth-order valence-corrected chi connectivity index (χ4v) is 3.33. The lowest BCUT2D eigenvalue weighted by Crippen LogP contribution is -2.42. The van der Waals surface area contributed by atoms with Crippen molar-refractivity contribution < 1.29 is 19.1 Å². The number of carbonyl (C=O) groups is 2. The molecule has 0 radical (unpaired) electrons. The van der Waals surface area contributed by atoms with Crippen LogP contribution in [-0.4, -0.2) is 31.6 Å². The lowest BCUT2D eigenvalue weighted by Gasteiger charge is -2.29. The van der Waals surface area contributed by atoms with Gasteiger partial charge in [-0.3, -0.25) is 4.79 Å². The van der Waals surface area contributed by atoms with Gasteiger partial charge in [0.1, 0.15) is 5.75 Å². The predicted octanol–water partition coefficient (Wildman–Crippen LogP) is 3.31. The maximum absolute atomic E-state index is 12.0. The predicted molar refractivity (Wildman–Crippen MR) is 90.5 cm³/mol. The molecule has 1 N–H and O–H groups in total. The molecule has 0 aromatic heterocycles. The number of ether oxygens (including phenoxy) is 2. The normalized spacial score (nSPS) is 20.7. The standard InChI is InChI=1S/C17H22BrNO4/c1-11-5-3-4-6-14(11)19-16(20)10-23-17(21)12-7-8-15(22-2)13(18)9-12/h7-9,11,14H,3-6,10H2,1-2H3,(H,19,20)/t11-,14+/m1/s1. The highest BCUT2D eigenvalue weighted by Gasteiger charge is 2.23. The van der Waals surface area contributed by atoms with Crippen LogP contribution in [0.25, 0.3) is 0 Å². The van der Waals surface area contributed by atoms with Gasteiger partial charge in [-0.15, -0.1) is 0 Å². The maximum Gasteiger partial charge on any atom is 0.338 e. The monoisotopic (exact) mass is 383 g/mol. The van der Waals surface area contributed by atoms with E-state index in [0.717, 1.165) is 19.3 Å². The molecule has 5 nitrogen and oxygen atoms in total. The van der Waals surface area contributed by atoms with Crippen molar-refractivity contribution in [2.24, 2.45) is 5.92 Å². The van der Waals surface area contributed by atoms with Crippen LogP contribution >= 0.6 is 15.9 Å². The zero-order valence-electron chi connectivity index (χ0n) is 13.4. The van der Waals surface area contributed by atoms with Gasteiger partial charge in [-0.2, -0.15) is 0 Å². The topological polar surface area (TPSA) is 64.6 Å². The zero-order chi connectivity index (χ0) is 16.8. The molecule has 2 rings (SSSR count). The fourth-order valence-electron chi connectivity index (χ4n) is 2.79. The summed E-state index contributed by atoms with van der Waals surface area (Å²) in [5.41, 5.74) is 0.372. The number of methoxy groups -OCH3 is 1. The summed E-state index contributed by atoms with van der Waals surface area (Å²) in [6.45, 7) is 1.89. The SMILES string of the molecule is COc1ccc(C(=O)OCC(=O)N[C@H]2CCCC[C@H]2C)cc1Br. The van der Waals surface area contributed by atoms with Crippen molar-refractivity contribution in [1.29, 1.82) is 0 Å². The number of hydrogen-bond donors (Lipinski definition) is 1. The second-order valence-electron chi connectivity index (χ2n) is 5.86. The third-order valence-corrected chi connectivity index (χ3v) is 4.80. The van der Waals surface area contributed by atoms with Gasteiger partial charge in [-0.25, -0.2) is 4.79 Å². The Labute approximate surface area is 144 Å². The largest absolute Gasteiger partial charge is 0.496 e. The summed E-state index contributed by atoms with van der Waals surface area (Å²) in [7, 11) is 1.55. The van der Waals surface area contributed by atoms with Gasteiger partial charge in [0, 0.05) is 6.04 Å². The van der Waals surface area contributed by atoms with Crippen LogP contribution in [-0.2, 0) is 9.53 Å². The van der Waals surface area contributed by atoms with Crippen molar-refractivity contribution in [3.63, 3.8) is 0 Å². The number of benzene rings is 1. The third kappa shape index (κ3) is 4.96. The van der Waals surface area contributed by atoms with Crippen molar-refractivity contribution in [3.8, 4) is 5.75 Å². The molecule has 6 heteroatoms. The molecule has 1 amide bonds. The first kappa shape index (κ1) is 17.8. The Morgan fingerprint density at radius 2 is 2.04 bits per heavy atom. The molecule has 1 aromatic carbocycles. The van der Waals surface area contributed by atoms with Gasteiger partial charge in [0.05, 0.1) is 17.1 Å². The summed E-state index contributed by atoms with van der Waals surface area (Å²) in [4.78, 5) is 23.9. The van der Waals surface area contributed by atoms with Crippen molar-refractivity contribution in [2.75, 3.05) is 13.7 Å². The maximum atomic E-state index is 12.0. The van der Waals surface area contributed by atoms with Crippen LogP contribution in [0.2, 0.25) is 0 Å². The van der Waals surface area contributed by atoms with Crippen molar-refractivity contribution in [2.45, 2.75) is 38.6 Å². The van der Waals surface area contributed by atoms with Gasteiger partial charge >= 0.3 is 5.97 Å². The van der Waals surface area contributed by atoms with Crippen LogP contribution in [0.1, 0.15) is 43.0 Å². The highest BCUT2D eigenvalue weighted by atomic mass is 79.9. The molecular formula is C17H22BrNO4. The van der Waals surface area contributed by atoms with Crippen LogP contribution < -0.4 is 10.1 Å². The summed E-state index contributed by atoms with van der Waals surface area (Å²) in [6, 6.07) is 5.07. The Balaban J connectivity index is 1.83. The third-order valence-electron chi connectivity index (χ3n) is 4.18. The molecule has 2 atom stereocenters. The van der Waals surface area contributed by atoms with Crippen LogP contribution in [0.3, 0.4) is 0 Å². The Hall–Kier alpha value is -1.56. The molecule has 0 aliphatic heterocycles. The van der Waals surface area contributed by atoms with E-state index in [-0.39, 0.29) is 18.6 Å². The summed E-state index contributed by atoms with van der Waals surface area (Å²) >= 11 is 3.32. The molecular weight excluding hydrogens is 362 g/mol. The van der Waals surface area contributed by atoms with Crippen LogP contribution in [0.5, 0.6) is 5.75 Å². The first-order valence-corrected chi connectivity index (χ1v) is 8.60. The van der Waals surface area contributed by atoms with Crippen LogP contribution in [0.15, 0.2) is 22.7 Å². The first-order valence-electron chi connectivity index (χ1n) is 7.81. The molecule has 0 saturated heterocycles.